The zero-order valence-corrected chi connectivity index (χ0v) is 10.8. The number of aliphatic hydroxyl groups is 1. The Kier molecular flexibility index (Phi) is 2.17. The van der Waals surface area contributed by atoms with Gasteiger partial charge in [0.05, 0.1) is 18.9 Å². The highest BCUT2D eigenvalue weighted by atomic mass is 16.6. The van der Waals surface area contributed by atoms with Crippen LogP contribution in [0.2, 0.25) is 0 Å². The van der Waals surface area contributed by atoms with Gasteiger partial charge in [-0.2, -0.15) is 0 Å². The second-order valence-corrected chi connectivity index (χ2v) is 6.12. The number of ether oxygens (including phenoxy) is 2. The van der Waals surface area contributed by atoms with Crippen molar-refractivity contribution in [2.24, 2.45) is 23.7 Å². The maximum Gasteiger partial charge on any atom is 0.310 e. The van der Waals surface area contributed by atoms with Gasteiger partial charge in [-0.3, -0.25) is 9.59 Å². The third kappa shape index (κ3) is 1.07. The molecule has 0 amide bonds. The summed E-state index contributed by atoms with van der Waals surface area (Å²) in [5, 5.41) is 11.0. The average Bonchev–Trinajstić information content (AvgIpc) is 2.76. The van der Waals surface area contributed by atoms with Crippen molar-refractivity contribution in [1.82, 2.24) is 0 Å². The molecular formula is C13H18O5. The first-order valence-corrected chi connectivity index (χ1v) is 6.37. The molecule has 1 saturated heterocycles. The summed E-state index contributed by atoms with van der Waals surface area (Å²) >= 11 is 0. The van der Waals surface area contributed by atoms with Crippen LogP contribution in [0.3, 0.4) is 0 Å². The van der Waals surface area contributed by atoms with E-state index in [1.54, 1.807) is 13.8 Å². The Balaban J connectivity index is 2.11. The largest absolute Gasteiger partial charge is 0.469 e. The fraction of sp³-hybridized carbons (Fsp3) is 0.846. The summed E-state index contributed by atoms with van der Waals surface area (Å²) in [4.78, 5) is 24.0. The molecule has 1 heterocycles. The first-order valence-electron chi connectivity index (χ1n) is 6.37. The smallest absolute Gasteiger partial charge is 0.310 e. The Hall–Kier alpha value is -1.10. The molecule has 1 N–H and O–H groups in total. The summed E-state index contributed by atoms with van der Waals surface area (Å²) < 4.78 is 10.2. The van der Waals surface area contributed by atoms with Crippen molar-refractivity contribution in [3.63, 3.8) is 0 Å². The molecule has 0 spiro atoms. The van der Waals surface area contributed by atoms with Gasteiger partial charge in [-0.25, -0.2) is 0 Å². The molecule has 5 nitrogen and oxygen atoms in total. The number of hydrogen-bond donors (Lipinski definition) is 1. The minimum Gasteiger partial charge on any atom is -0.469 e. The number of methoxy groups -OCH3 is 1. The topological polar surface area (TPSA) is 72.8 Å². The monoisotopic (exact) mass is 254 g/mol. The molecule has 0 aromatic carbocycles. The molecule has 0 aromatic rings. The maximum absolute atomic E-state index is 12.1. The molecule has 18 heavy (non-hydrogen) atoms. The lowest BCUT2D eigenvalue weighted by molar-refractivity contribution is -0.220. The van der Waals surface area contributed by atoms with Crippen LogP contribution in [-0.2, 0) is 19.1 Å². The minimum atomic E-state index is -1.09. The number of hydrogen-bond acceptors (Lipinski definition) is 5. The summed E-state index contributed by atoms with van der Waals surface area (Å²) in [6.07, 6.45) is 1.52. The van der Waals surface area contributed by atoms with Crippen LogP contribution >= 0.6 is 0 Å². The molecule has 3 aliphatic rings. The lowest BCUT2D eigenvalue weighted by atomic mass is 9.74. The van der Waals surface area contributed by atoms with Gasteiger partial charge in [-0.05, 0) is 26.7 Å². The van der Waals surface area contributed by atoms with Gasteiger partial charge < -0.3 is 14.6 Å². The lowest BCUT2D eigenvalue weighted by Crippen LogP contribution is -2.60. The summed E-state index contributed by atoms with van der Waals surface area (Å²) in [6.45, 7) is 3.46. The summed E-state index contributed by atoms with van der Waals surface area (Å²) in [5.41, 5.74) is -2.03. The van der Waals surface area contributed by atoms with Gasteiger partial charge in [0, 0.05) is 11.8 Å². The summed E-state index contributed by atoms with van der Waals surface area (Å²) in [6, 6.07) is 0. The zero-order chi connectivity index (χ0) is 13.3. The molecule has 0 aromatic heterocycles. The molecule has 2 saturated carbocycles. The first-order chi connectivity index (χ1) is 8.34. The quantitative estimate of drug-likeness (QED) is 0.690. The van der Waals surface area contributed by atoms with E-state index in [9.17, 15) is 14.7 Å². The van der Waals surface area contributed by atoms with Crippen molar-refractivity contribution in [2.75, 3.05) is 7.11 Å². The van der Waals surface area contributed by atoms with Crippen LogP contribution in [0.5, 0.6) is 0 Å². The number of carbonyl (C=O) groups is 2. The SMILES string of the molecule is COC(=O)C1[C@@H]2C(=O)OC(C)(C)[C@@]3(O)[C@@H]2CC[C@@H]13. The predicted molar refractivity (Wildman–Crippen MR) is 60.3 cm³/mol. The number of carbonyl (C=O) groups excluding carboxylic acids is 2. The second kappa shape index (κ2) is 3.26. The van der Waals surface area contributed by atoms with Crippen LogP contribution in [0, 0.1) is 23.7 Å². The number of cyclic esters (lactones) is 1. The molecule has 3 fully saturated rings. The van der Waals surface area contributed by atoms with Crippen molar-refractivity contribution in [3.8, 4) is 0 Å². The van der Waals surface area contributed by atoms with Crippen molar-refractivity contribution in [3.05, 3.63) is 0 Å². The highest BCUT2D eigenvalue weighted by Crippen LogP contribution is 2.65. The van der Waals surface area contributed by atoms with Crippen molar-refractivity contribution in [2.45, 2.75) is 37.9 Å². The maximum atomic E-state index is 12.1. The van der Waals surface area contributed by atoms with E-state index < -0.39 is 29.0 Å². The normalized spacial score (nSPS) is 47.9. The summed E-state index contributed by atoms with van der Waals surface area (Å²) in [5.74, 6) is -2.26. The third-order valence-corrected chi connectivity index (χ3v) is 5.24. The van der Waals surface area contributed by atoms with E-state index in [4.69, 9.17) is 9.47 Å². The van der Waals surface area contributed by atoms with E-state index >= 15 is 0 Å². The minimum absolute atomic E-state index is 0.178. The first kappa shape index (κ1) is 12.0. The van der Waals surface area contributed by atoms with Crippen LogP contribution in [0.4, 0.5) is 0 Å². The highest BCUT2D eigenvalue weighted by Gasteiger charge is 2.76. The Bertz CT molecular complexity index is 429. The second-order valence-electron chi connectivity index (χ2n) is 6.12. The van der Waals surface area contributed by atoms with Crippen molar-refractivity contribution >= 4 is 11.9 Å². The number of rotatable bonds is 1. The Morgan fingerprint density at radius 1 is 1.39 bits per heavy atom. The lowest BCUT2D eigenvalue weighted by Gasteiger charge is -2.46. The van der Waals surface area contributed by atoms with Crippen LogP contribution in [0.15, 0.2) is 0 Å². The number of esters is 2. The fourth-order valence-corrected chi connectivity index (χ4v) is 4.53. The Morgan fingerprint density at radius 3 is 2.61 bits per heavy atom. The van der Waals surface area contributed by atoms with Gasteiger partial charge in [-0.15, -0.1) is 0 Å². The molecule has 1 unspecified atom stereocenters. The standard InChI is InChI=1S/C13H18O5/c1-12(2)13(16)6-4-5-7(13)9(11(15)18-12)8(6)10(14)17-3/h6-9,16H,4-5H2,1-3H3/t6-,7+,8?,9+,13-/m0/s1. The molecule has 5 heteroatoms. The molecule has 5 atom stereocenters. The van der Waals surface area contributed by atoms with Crippen LogP contribution in [0.1, 0.15) is 26.7 Å². The van der Waals surface area contributed by atoms with Gasteiger partial charge in [0.25, 0.3) is 0 Å². The predicted octanol–water partition coefficient (Wildman–Crippen LogP) is 0.498. The van der Waals surface area contributed by atoms with Gasteiger partial charge in [0.1, 0.15) is 11.2 Å². The van der Waals surface area contributed by atoms with E-state index in [1.165, 1.54) is 7.11 Å². The summed E-state index contributed by atoms with van der Waals surface area (Å²) in [7, 11) is 1.32. The highest BCUT2D eigenvalue weighted by molar-refractivity contribution is 5.86. The average molecular weight is 254 g/mol. The van der Waals surface area contributed by atoms with Gasteiger partial charge in [0.15, 0.2) is 0 Å². The zero-order valence-electron chi connectivity index (χ0n) is 10.8. The Morgan fingerprint density at radius 2 is 2.00 bits per heavy atom. The molecule has 3 rings (SSSR count). The van der Waals surface area contributed by atoms with E-state index in [1.807, 2.05) is 0 Å². The molecule has 0 radical (unpaired) electrons. The van der Waals surface area contributed by atoms with E-state index in [-0.39, 0.29) is 17.8 Å². The fourth-order valence-electron chi connectivity index (χ4n) is 4.53. The Labute approximate surface area is 105 Å². The van der Waals surface area contributed by atoms with Crippen LogP contribution in [0.25, 0.3) is 0 Å². The molecule has 2 aliphatic carbocycles. The molecule has 4 bridgehead atoms. The van der Waals surface area contributed by atoms with Crippen molar-refractivity contribution in [1.29, 1.82) is 0 Å². The van der Waals surface area contributed by atoms with E-state index in [0.717, 1.165) is 12.8 Å². The molecule has 100 valence electrons. The van der Waals surface area contributed by atoms with Gasteiger partial charge >= 0.3 is 11.9 Å². The third-order valence-electron chi connectivity index (χ3n) is 5.24. The van der Waals surface area contributed by atoms with Gasteiger partial charge in [0.2, 0.25) is 0 Å². The van der Waals surface area contributed by atoms with E-state index in [2.05, 4.69) is 0 Å². The van der Waals surface area contributed by atoms with Crippen molar-refractivity contribution < 1.29 is 24.2 Å². The van der Waals surface area contributed by atoms with E-state index in [0.29, 0.717) is 0 Å². The molecular weight excluding hydrogens is 236 g/mol. The van der Waals surface area contributed by atoms with Crippen LogP contribution < -0.4 is 0 Å². The molecule has 1 aliphatic heterocycles. The van der Waals surface area contributed by atoms with Gasteiger partial charge in [-0.1, -0.05) is 0 Å². The van der Waals surface area contributed by atoms with Crippen LogP contribution in [-0.4, -0.2) is 35.4 Å².